The maximum atomic E-state index is 12.7. The monoisotopic (exact) mass is 937 g/mol. The summed E-state index contributed by atoms with van der Waals surface area (Å²) in [6.07, 6.45) is 38.9. The van der Waals surface area contributed by atoms with Crippen LogP contribution in [0.4, 0.5) is 0 Å². The van der Waals surface area contributed by atoms with Crippen LogP contribution in [0.5, 0.6) is 0 Å². The molecule has 0 bridgehead atoms. The molecule has 0 aromatic heterocycles. The van der Waals surface area contributed by atoms with Crippen LogP contribution in [0.15, 0.2) is 36.5 Å². The number of rotatable bonds is 44. The molecule has 1 aliphatic rings. The van der Waals surface area contributed by atoms with Crippen molar-refractivity contribution in [3.05, 3.63) is 36.5 Å². The molecule has 63 heavy (non-hydrogen) atoms. The van der Waals surface area contributed by atoms with E-state index in [-0.39, 0.29) is 12.8 Å². The number of epoxide rings is 1. The summed E-state index contributed by atoms with van der Waals surface area (Å²) in [7, 11) is -9.69. The normalized spacial score (nSPS) is 17.5. The van der Waals surface area contributed by atoms with E-state index >= 15 is 0 Å². The third kappa shape index (κ3) is 40.3. The average Bonchev–Trinajstić information content (AvgIpc) is 3.99. The lowest BCUT2D eigenvalue weighted by Gasteiger charge is -2.20. The zero-order valence-electron chi connectivity index (χ0n) is 39.0. The van der Waals surface area contributed by atoms with Crippen molar-refractivity contribution in [2.24, 2.45) is 5.92 Å². The van der Waals surface area contributed by atoms with E-state index in [0.29, 0.717) is 31.5 Å². The SMILES string of the molecule is CCCCCC1OC1C/C=C\C/C=C\C/C=C\CCCC(=O)OC[C@H](COP(=O)(O)OC[C@@H](O)COP(=O)(O)O)OC(=O)CCCCCCCCCCCCCCCCCC(C)C. The highest BCUT2D eigenvalue weighted by atomic mass is 31.2. The summed E-state index contributed by atoms with van der Waals surface area (Å²) in [6, 6.07) is 0. The lowest BCUT2D eigenvalue weighted by molar-refractivity contribution is -0.161. The van der Waals surface area contributed by atoms with Crippen LogP contribution in [0, 0.1) is 5.92 Å². The van der Waals surface area contributed by atoms with Crippen molar-refractivity contribution in [1.29, 1.82) is 0 Å². The first kappa shape index (κ1) is 59.3. The Morgan fingerprint density at radius 3 is 1.71 bits per heavy atom. The van der Waals surface area contributed by atoms with Crippen LogP contribution in [0.3, 0.4) is 0 Å². The van der Waals surface area contributed by atoms with Gasteiger partial charge in [-0.3, -0.25) is 23.2 Å². The van der Waals surface area contributed by atoms with Crippen LogP contribution in [-0.2, 0) is 46.5 Å². The Morgan fingerprint density at radius 2 is 1.13 bits per heavy atom. The Morgan fingerprint density at radius 1 is 0.603 bits per heavy atom. The van der Waals surface area contributed by atoms with Crippen LogP contribution < -0.4 is 0 Å². The summed E-state index contributed by atoms with van der Waals surface area (Å²) >= 11 is 0. The molecule has 1 aliphatic heterocycles. The molecule has 4 N–H and O–H groups in total. The number of allylic oxidation sites excluding steroid dienone is 5. The number of carbonyl (C=O) groups excluding carboxylic acids is 2. The van der Waals surface area contributed by atoms with Gasteiger partial charge in [0.2, 0.25) is 0 Å². The quantitative estimate of drug-likeness (QED) is 0.0147. The molecule has 0 radical (unpaired) electrons. The zero-order chi connectivity index (χ0) is 46.4. The van der Waals surface area contributed by atoms with Gasteiger partial charge in [-0.25, -0.2) is 9.13 Å². The largest absolute Gasteiger partial charge is 0.472 e. The Balaban J connectivity index is 2.34. The fraction of sp³-hybridized carbons (Fsp3) is 0.830. The Labute approximate surface area is 380 Å². The van der Waals surface area contributed by atoms with E-state index in [1.165, 1.54) is 103 Å². The van der Waals surface area contributed by atoms with E-state index in [2.05, 4.69) is 49.6 Å². The fourth-order valence-corrected chi connectivity index (χ4v) is 8.01. The van der Waals surface area contributed by atoms with Gasteiger partial charge >= 0.3 is 27.6 Å². The highest BCUT2D eigenvalue weighted by Crippen LogP contribution is 2.44. The number of hydrogen-bond acceptors (Lipinski definition) is 11. The molecule has 1 fully saturated rings. The topological polar surface area (TPSA) is 208 Å². The molecule has 16 heteroatoms. The van der Waals surface area contributed by atoms with Crippen molar-refractivity contribution in [3.8, 4) is 0 Å². The smallest absolute Gasteiger partial charge is 0.462 e. The number of phosphoric acid groups is 2. The van der Waals surface area contributed by atoms with Crippen LogP contribution in [0.1, 0.15) is 194 Å². The highest BCUT2D eigenvalue weighted by Gasteiger charge is 2.36. The summed E-state index contributed by atoms with van der Waals surface area (Å²) in [5, 5.41) is 9.77. The van der Waals surface area contributed by atoms with Crippen molar-refractivity contribution >= 4 is 27.6 Å². The summed E-state index contributed by atoms with van der Waals surface area (Å²) in [4.78, 5) is 52.8. The van der Waals surface area contributed by atoms with Gasteiger partial charge in [0, 0.05) is 12.8 Å². The number of aliphatic hydroxyl groups is 1. The molecule has 14 nitrogen and oxygen atoms in total. The summed E-state index contributed by atoms with van der Waals surface area (Å²) in [6.45, 7) is 4.02. The molecule has 0 amide bonds. The summed E-state index contributed by atoms with van der Waals surface area (Å²) in [5.74, 6) is -0.283. The highest BCUT2D eigenvalue weighted by molar-refractivity contribution is 7.47. The predicted molar refractivity (Wildman–Crippen MR) is 248 cm³/mol. The van der Waals surface area contributed by atoms with Crippen LogP contribution >= 0.6 is 15.6 Å². The number of esters is 2. The minimum atomic E-state index is -4.87. The van der Waals surface area contributed by atoms with Crippen molar-refractivity contribution < 1.29 is 66.3 Å². The molecule has 0 aromatic carbocycles. The molecule has 1 heterocycles. The van der Waals surface area contributed by atoms with Crippen molar-refractivity contribution in [2.45, 2.75) is 219 Å². The fourth-order valence-electron chi connectivity index (χ4n) is 6.86. The molecule has 3 unspecified atom stereocenters. The zero-order valence-corrected chi connectivity index (χ0v) is 40.8. The second-order valence-corrected chi connectivity index (χ2v) is 19.9. The minimum Gasteiger partial charge on any atom is -0.462 e. The van der Waals surface area contributed by atoms with E-state index in [1.807, 2.05) is 12.2 Å². The van der Waals surface area contributed by atoms with Gasteiger partial charge in [-0.2, -0.15) is 0 Å². The maximum Gasteiger partial charge on any atom is 0.472 e. The van der Waals surface area contributed by atoms with Gasteiger partial charge < -0.3 is 34.0 Å². The average molecular weight is 937 g/mol. The van der Waals surface area contributed by atoms with E-state index in [9.17, 15) is 28.7 Å². The third-order valence-electron chi connectivity index (χ3n) is 10.6. The molecule has 0 saturated carbocycles. The number of unbranched alkanes of at least 4 members (excludes halogenated alkanes) is 17. The number of aliphatic hydroxyl groups excluding tert-OH is 1. The van der Waals surface area contributed by atoms with Crippen LogP contribution in [0.25, 0.3) is 0 Å². The van der Waals surface area contributed by atoms with Gasteiger partial charge in [-0.1, -0.05) is 173 Å². The first-order valence-electron chi connectivity index (χ1n) is 24.2. The number of ether oxygens (including phenoxy) is 3. The van der Waals surface area contributed by atoms with Gasteiger partial charge in [0.1, 0.15) is 12.7 Å². The number of phosphoric ester groups is 2. The van der Waals surface area contributed by atoms with Gasteiger partial charge in [0.15, 0.2) is 6.10 Å². The maximum absolute atomic E-state index is 12.7. The molecule has 0 aromatic rings. The number of hydrogen-bond donors (Lipinski definition) is 4. The molecule has 368 valence electrons. The Hall–Kier alpha value is -1.70. The molecular weight excluding hydrogens is 850 g/mol. The van der Waals surface area contributed by atoms with E-state index in [1.54, 1.807) is 0 Å². The van der Waals surface area contributed by atoms with E-state index < -0.39 is 66.2 Å². The minimum absolute atomic E-state index is 0.117. The molecule has 1 rings (SSSR count). The first-order valence-corrected chi connectivity index (χ1v) is 27.2. The first-order chi connectivity index (χ1) is 30.2. The standard InChI is InChI=1S/C47H86O14P2/c1-4-5-27-33-44-45(61-44)34-29-24-20-16-13-14-17-21-25-30-35-46(49)56-39-43(40-59-63(54,55)58-38-42(48)37-57-62(51,52)53)60-47(50)36-31-26-22-18-12-10-8-6-7-9-11-15-19-23-28-32-41(2)3/h13,16-17,21,24,29,41-45,48H,4-12,14-15,18-20,22-23,25-28,30-40H2,1-3H3,(H,54,55)(H2,51,52,53)/b16-13-,21-17-,29-24-/t42-,43+,44?,45?/m0/s1. The molecule has 0 spiro atoms. The van der Waals surface area contributed by atoms with E-state index in [0.717, 1.165) is 44.4 Å². The van der Waals surface area contributed by atoms with Gasteiger partial charge in [0.05, 0.1) is 32.0 Å². The summed E-state index contributed by atoms with van der Waals surface area (Å²) in [5.41, 5.74) is 0. The predicted octanol–water partition coefficient (Wildman–Crippen LogP) is 11.7. The third-order valence-corrected chi connectivity index (χ3v) is 12.1. The van der Waals surface area contributed by atoms with Gasteiger partial charge in [-0.15, -0.1) is 0 Å². The molecule has 0 aliphatic carbocycles. The molecule has 5 atom stereocenters. The lowest BCUT2D eigenvalue weighted by Crippen LogP contribution is -2.30. The Kier molecular flexibility index (Phi) is 36.2. The summed E-state index contributed by atoms with van der Waals surface area (Å²) < 4.78 is 53.6. The number of carbonyl (C=O) groups is 2. The van der Waals surface area contributed by atoms with Crippen molar-refractivity contribution in [1.82, 2.24) is 0 Å². The van der Waals surface area contributed by atoms with Crippen molar-refractivity contribution in [2.75, 3.05) is 26.4 Å². The van der Waals surface area contributed by atoms with Crippen molar-refractivity contribution in [3.63, 3.8) is 0 Å². The molecule has 1 saturated heterocycles. The van der Waals surface area contributed by atoms with Gasteiger partial charge in [-0.05, 0) is 50.9 Å². The second-order valence-electron chi connectivity index (χ2n) is 17.3. The van der Waals surface area contributed by atoms with Gasteiger partial charge in [0.25, 0.3) is 0 Å². The molecular formula is C47H86O14P2. The van der Waals surface area contributed by atoms with E-state index in [4.69, 9.17) is 33.0 Å². The van der Waals surface area contributed by atoms with Crippen LogP contribution in [-0.4, -0.2) is 82.6 Å². The second kappa shape index (κ2) is 38.4. The Bertz CT molecular complexity index is 1330. The lowest BCUT2D eigenvalue weighted by atomic mass is 10.0. The van der Waals surface area contributed by atoms with Crippen LogP contribution in [0.2, 0.25) is 0 Å².